The van der Waals surface area contributed by atoms with Crippen LogP contribution in [0.5, 0.6) is 0 Å². The lowest BCUT2D eigenvalue weighted by atomic mass is 9.76. The topological polar surface area (TPSA) is 87.2 Å². The summed E-state index contributed by atoms with van der Waals surface area (Å²) in [7, 11) is 0. The van der Waals surface area contributed by atoms with Gasteiger partial charge >= 0.3 is 0 Å². The van der Waals surface area contributed by atoms with Gasteiger partial charge in [-0.25, -0.2) is 4.98 Å². The van der Waals surface area contributed by atoms with Gasteiger partial charge < -0.3 is 14.5 Å². The molecule has 0 saturated carbocycles. The molecule has 1 spiro atoms. The number of ether oxygens (including phenoxy) is 1. The Morgan fingerprint density at radius 3 is 2.50 bits per heavy atom. The summed E-state index contributed by atoms with van der Waals surface area (Å²) in [5, 5.41) is 11.3. The monoisotopic (exact) mass is 432 g/mol. The Hall–Kier alpha value is -3.00. The Bertz CT molecular complexity index is 1220. The molecular weight excluding hydrogens is 404 g/mol. The number of H-pyrrole nitrogens is 1. The van der Waals surface area contributed by atoms with Crippen LogP contribution in [0.1, 0.15) is 36.2 Å². The summed E-state index contributed by atoms with van der Waals surface area (Å²) in [5.41, 5.74) is 2.89. The molecule has 2 aromatic heterocycles. The van der Waals surface area contributed by atoms with E-state index in [0.29, 0.717) is 19.2 Å². The highest BCUT2D eigenvalue weighted by Crippen LogP contribution is 2.45. The van der Waals surface area contributed by atoms with Gasteiger partial charge in [0, 0.05) is 47.9 Å². The Balaban J connectivity index is 1.30. The normalized spacial score (nSPS) is 20.2. The molecule has 32 heavy (non-hydrogen) atoms. The maximum Gasteiger partial charge on any atom is 0.255 e. The number of rotatable bonds is 2. The van der Waals surface area contributed by atoms with Crippen molar-refractivity contribution in [1.29, 1.82) is 0 Å². The number of aromatic nitrogens is 4. The zero-order valence-corrected chi connectivity index (χ0v) is 18.4. The largest absolute Gasteiger partial charge is 0.378 e. The average Bonchev–Trinajstić information content (AvgIpc) is 3.19. The highest BCUT2D eigenvalue weighted by molar-refractivity contribution is 5.93. The van der Waals surface area contributed by atoms with Crippen molar-refractivity contribution in [3.8, 4) is 0 Å². The Morgan fingerprint density at radius 2 is 1.72 bits per heavy atom. The van der Waals surface area contributed by atoms with Crippen LogP contribution in [-0.2, 0) is 16.6 Å². The lowest BCUT2D eigenvalue weighted by Gasteiger charge is -2.40. The van der Waals surface area contributed by atoms with E-state index in [1.165, 1.54) is 0 Å². The highest BCUT2D eigenvalue weighted by Gasteiger charge is 2.44. The van der Waals surface area contributed by atoms with E-state index in [4.69, 9.17) is 9.72 Å². The van der Waals surface area contributed by atoms with Crippen LogP contribution < -0.4 is 15.4 Å². The second-order valence-corrected chi connectivity index (χ2v) is 9.24. The van der Waals surface area contributed by atoms with E-state index in [9.17, 15) is 4.79 Å². The standard InChI is InChI=1S/C24H28N6O2/c1-16-17-4-2-3-5-18(17)21(28-27-16)29-10-8-24(9-11-29)7-6-19-20(24)25-23(26-22(19)31)30-12-14-32-15-13-30/h2-5H,6-15H2,1H3,(H,25,26,31). The van der Waals surface area contributed by atoms with Gasteiger partial charge in [-0.2, -0.15) is 5.10 Å². The van der Waals surface area contributed by atoms with Crippen molar-refractivity contribution in [1.82, 2.24) is 20.2 Å². The van der Waals surface area contributed by atoms with Gasteiger partial charge in [-0.05, 0) is 32.6 Å². The van der Waals surface area contributed by atoms with E-state index in [0.717, 1.165) is 85.4 Å². The van der Waals surface area contributed by atoms with Gasteiger partial charge in [0.1, 0.15) is 0 Å². The fourth-order valence-electron chi connectivity index (χ4n) is 5.65. The van der Waals surface area contributed by atoms with Gasteiger partial charge in [0.25, 0.3) is 5.56 Å². The maximum atomic E-state index is 12.9. The van der Waals surface area contributed by atoms with Gasteiger partial charge in [0.2, 0.25) is 5.95 Å². The van der Waals surface area contributed by atoms with Crippen LogP contribution in [-0.4, -0.2) is 59.6 Å². The van der Waals surface area contributed by atoms with E-state index < -0.39 is 0 Å². The first kappa shape index (κ1) is 19.7. The highest BCUT2D eigenvalue weighted by atomic mass is 16.5. The molecular formula is C24H28N6O2. The van der Waals surface area contributed by atoms with Crippen LogP contribution in [0.15, 0.2) is 29.1 Å². The van der Waals surface area contributed by atoms with Gasteiger partial charge in [0.15, 0.2) is 5.82 Å². The molecule has 2 fully saturated rings. The van der Waals surface area contributed by atoms with Crippen molar-refractivity contribution < 1.29 is 4.74 Å². The predicted molar refractivity (Wildman–Crippen MR) is 124 cm³/mol. The number of morpholine rings is 1. The zero-order chi connectivity index (χ0) is 21.7. The van der Waals surface area contributed by atoms with Crippen LogP contribution in [0.4, 0.5) is 11.8 Å². The Labute approximate surface area is 186 Å². The summed E-state index contributed by atoms with van der Waals surface area (Å²) in [6.07, 6.45) is 3.76. The molecule has 8 nitrogen and oxygen atoms in total. The molecule has 6 rings (SSSR count). The predicted octanol–water partition coefficient (Wildman–Crippen LogP) is 2.34. The van der Waals surface area contributed by atoms with Gasteiger partial charge in [0.05, 0.1) is 24.6 Å². The number of fused-ring (bicyclic) bond motifs is 3. The smallest absolute Gasteiger partial charge is 0.255 e. The third-order valence-corrected chi connectivity index (χ3v) is 7.54. The number of hydrogen-bond donors (Lipinski definition) is 1. The number of piperidine rings is 1. The van der Waals surface area contributed by atoms with E-state index in [1.807, 2.05) is 6.92 Å². The summed E-state index contributed by atoms with van der Waals surface area (Å²) < 4.78 is 5.47. The quantitative estimate of drug-likeness (QED) is 0.665. The molecule has 0 atom stereocenters. The minimum Gasteiger partial charge on any atom is -0.378 e. The second kappa shape index (κ2) is 7.55. The third-order valence-electron chi connectivity index (χ3n) is 7.54. The molecule has 3 aliphatic rings. The van der Waals surface area contributed by atoms with Crippen LogP contribution in [0.25, 0.3) is 10.8 Å². The van der Waals surface area contributed by atoms with Gasteiger partial charge in [-0.15, -0.1) is 5.10 Å². The molecule has 0 unspecified atom stereocenters. The van der Waals surface area contributed by atoms with Gasteiger partial charge in [-0.3, -0.25) is 9.78 Å². The Morgan fingerprint density at radius 1 is 0.969 bits per heavy atom. The van der Waals surface area contributed by atoms with E-state index >= 15 is 0 Å². The van der Waals surface area contributed by atoms with Crippen molar-refractivity contribution in [2.45, 2.75) is 38.0 Å². The molecule has 2 saturated heterocycles. The average molecular weight is 433 g/mol. The van der Waals surface area contributed by atoms with E-state index in [1.54, 1.807) is 0 Å². The van der Waals surface area contributed by atoms with Crippen LogP contribution in [0, 0.1) is 6.92 Å². The first-order chi connectivity index (χ1) is 15.6. The van der Waals surface area contributed by atoms with Crippen LogP contribution >= 0.6 is 0 Å². The molecule has 0 bridgehead atoms. The first-order valence-corrected chi connectivity index (χ1v) is 11.6. The summed E-state index contributed by atoms with van der Waals surface area (Å²) >= 11 is 0. The molecule has 166 valence electrons. The fraction of sp³-hybridized carbons (Fsp3) is 0.500. The van der Waals surface area contributed by atoms with Crippen molar-refractivity contribution in [3.63, 3.8) is 0 Å². The molecule has 3 aromatic rings. The summed E-state index contributed by atoms with van der Waals surface area (Å²) in [6.45, 7) is 6.67. The van der Waals surface area contributed by atoms with Crippen molar-refractivity contribution >= 4 is 22.5 Å². The summed E-state index contributed by atoms with van der Waals surface area (Å²) in [4.78, 5) is 25.5. The molecule has 2 aliphatic heterocycles. The van der Waals surface area contributed by atoms with E-state index in [2.05, 4.69) is 49.2 Å². The Kier molecular flexibility index (Phi) is 4.64. The van der Waals surface area contributed by atoms with Gasteiger partial charge in [-0.1, -0.05) is 24.3 Å². The number of aromatic amines is 1. The summed E-state index contributed by atoms with van der Waals surface area (Å²) in [5.74, 6) is 1.67. The molecule has 8 heteroatoms. The lowest BCUT2D eigenvalue weighted by Crippen LogP contribution is -2.43. The lowest BCUT2D eigenvalue weighted by molar-refractivity contribution is 0.122. The van der Waals surface area contributed by atoms with Crippen LogP contribution in [0.2, 0.25) is 0 Å². The molecule has 1 aromatic carbocycles. The third kappa shape index (κ3) is 3.08. The molecule has 4 heterocycles. The second-order valence-electron chi connectivity index (χ2n) is 9.24. The van der Waals surface area contributed by atoms with Crippen molar-refractivity contribution in [2.24, 2.45) is 0 Å². The number of nitrogens with zero attached hydrogens (tertiary/aromatic N) is 5. The SMILES string of the molecule is Cc1nnc(N2CCC3(CCc4c3nc(N3CCOCC3)[nH]c4=O)CC2)c2ccccc12. The number of anilines is 2. The first-order valence-electron chi connectivity index (χ1n) is 11.6. The van der Waals surface area contributed by atoms with Crippen LogP contribution in [0.3, 0.4) is 0 Å². The molecule has 1 aliphatic carbocycles. The minimum atomic E-state index is -0.0188. The number of aryl methyl sites for hydroxylation is 1. The summed E-state index contributed by atoms with van der Waals surface area (Å²) in [6, 6.07) is 8.37. The minimum absolute atomic E-state index is 0.0188. The number of benzene rings is 1. The fourth-order valence-corrected chi connectivity index (χ4v) is 5.65. The van der Waals surface area contributed by atoms with Crippen molar-refractivity contribution in [2.75, 3.05) is 49.2 Å². The van der Waals surface area contributed by atoms with Crippen molar-refractivity contribution in [3.05, 3.63) is 51.6 Å². The molecule has 1 N–H and O–H groups in total. The van der Waals surface area contributed by atoms with E-state index in [-0.39, 0.29) is 11.0 Å². The molecule has 0 radical (unpaired) electrons. The number of hydrogen-bond acceptors (Lipinski definition) is 7. The zero-order valence-electron chi connectivity index (χ0n) is 18.4. The molecule has 0 amide bonds. The maximum absolute atomic E-state index is 12.9. The number of nitrogens with one attached hydrogen (secondary N) is 1.